The molecule has 0 radical (unpaired) electrons. The Morgan fingerprint density at radius 1 is 1.43 bits per heavy atom. The fourth-order valence-electron chi connectivity index (χ4n) is 2.21. The maximum absolute atomic E-state index is 12.5. The summed E-state index contributed by atoms with van der Waals surface area (Å²) in [5.41, 5.74) is -0.389. The lowest BCUT2D eigenvalue weighted by molar-refractivity contribution is -0.157. The van der Waals surface area contributed by atoms with E-state index in [2.05, 4.69) is 0 Å². The predicted molar refractivity (Wildman–Crippen MR) is 78.6 cm³/mol. The molecule has 1 unspecified atom stereocenters. The average Bonchev–Trinajstić information content (AvgIpc) is 2.44. The summed E-state index contributed by atoms with van der Waals surface area (Å²) in [6.45, 7) is 3.25. The maximum Gasteiger partial charge on any atom is 0.329 e. The first kappa shape index (κ1) is 15.6. The van der Waals surface area contributed by atoms with Crippen LogP contribution >= 0.6 is 11.6 Å². The van der Waals surface area contributed by atoms with Crippen LogP contribution in [0.5, 0.6) is 5.75 Å². The largest absolute Gasteiger partial charge is 0.492 e. The van der Waals surface area contributed by atoms with Gasteiger partial charge in [0.1, 0.15) is 17.9 Å². The van der Waals surface area contributed by atoms with Crippen molar-refractivity contribution < 1.29 is 19.4 Å². The van der Waals surface area contributed by atoms with E-state index in [0.717, 1.165) is 11.3 Å². The van der Waals surface area contributed by atoms with Crippen molar-refractivity contribution in [1.82, 2.24) is 4.90 Å². The van der Waals surface area contributed by atoms with Gasteiger partial charge in [-0.3, -0.25) is 4.79 Å². The number of ether oxygens (including phenoxy) is 1. The molecule has 1 aliphatic heterocycles. The molecule has 2 rings (SSSR count). The summed E-state index contributed by atoms with van der Waals surface area (Å²) in [6.07, 6.45) is 0.495. The molecule has 1 amide bonds. The number of carbonyl (C=O) groups is 2. The SMILES string of the molecule is CN(C(=O)C1COc2ccc(Cl)cc2C1)C(C)(C)C(=O)O. The molecule has 0 saturated carbocycles. The van der Waals surface area contributed by atoms with E-state index >= 15 is 0 Å². The van der Waals surface area contributed by atoms with Crippen LogP contribution in [0, 0.1) is 5.92 Å². The van der Waals surface area contributed by atoms with Crippen molar-refractivity contribution in [2.24, 2.45) is 5.92 Å². The second kappa shape index (κ2) is 5.56. The molecule has 1 aliphatic rings. The van der Waals surface area contributed by atoms with Crippen LogP contribution in [-0.4, -0.2) is 41.1 Å². The number of halogens is 1. The lowest BCUT2D eigenvalue weighted by atomic mass is 9.93. The first-order valence-corrected chi connectivity index (χ1v) is 7.03. The predicted octanol–water partition coefficient (Wildman–Crippen LogP) is 2.21. The van der Waals surface area contributed by atoms with Gasteiger partial charge in [0.05, 0.1) is 5.92 Å². The minimum absolute atomic E-state index is 0.243. The normalized spacial score (nSPS) is 17.6. The van der Waals surface area contributed by atoms with Crippen molar-refractivity contribution in [3.05, 3.63) is 28.8 Å². The van der Waals surface area contributed by atoms with Gasteiger partial charge >= 0.3 is 5.97 Å². The maximum atomic E-state index is 12.5. The van der Waals surface area contributed by atoms with Crippen LogP contribution in [0.15, 0.2) is 18.2 Å². The van der Waals surface area contributed by atoms with Crippen molar-refractivity contribution in [2.45, 2.75) is 25.8 Å². The molecule has 5 nitrogen and oxygen atoms in total. The molecule has 1 aromatic carbocycles. The third-order valence-corrected chi connectivity index (χ3v) is 4.21. The van der Waals surface area contributed by atoms with E-state index in [-0.39, 0.29) is 12.5 Å². The molecular formula is C15H18ClNO4. The van der Waals surface area contributed by atoms with Gasteiger partial charge in [-0.15, -0.1) is 0 Å². The third kappa shape index (κ3) is 2.97. The van der Waals surface area contributed by atoms with Crippen LogP contribution < -0.4 is 4.74 Å². The molecule has 0 fully saturated rings. The van der Waals surface area contributed by atoms with Gasteiger partial charge in [-0.25, -0.2) is 4.79 Å². The second-order valence-corrected chi connectivity index (χ2v) is 6.16. The number of likely N-dealkylation sites (N-methyl/N-ethyl adjacent to an activating group) is 1. The van der Waals surface area contributed by atoms with Crippen LogP contribution in [-0.2, 0) is 16.0 Å². The molecule has 1 aromatic rings. The van der Waals surface area contributed by atoms with Gasteiger partial charge in [0.15, 0.2) is 0 Å². The Bertz CT molecular complexity index is 585. The van der Waals surface area contributed by atoms with Crippen LogP contribution in [0.2, 0.25) is 5.02 Å². The third-order valence-electron chi connectivity index (χ3n) is 3.97. The molecule has 0 spiro atoms. The Kier molecular flexibility index (Phi) is 4.14. The highest BCUT2D eigenvalue weighted by molar-refractivity contribution is 6.30. The number of rotatable bonds is 3. The average molecular weight is 312 g/mol. The number of fused-ring (bicyclic) bond motifs is 1. The van der Waals surface area contributed by atoms with Gasteiger partial charge in [-0.1, -0.05) is 11.6 Å². The molecule has 1 atom stereocenters. The lowest BCUT2D eigenvalue weighted by Gasteiger charge is -2.35. The van der Waals surface area contributed by atoms with Gasteiger partial charge in [0.2, 0.25) is 5.91 Å². The number of carbonyl (C=O) groups excluding carboxylic acids is 1. The fraction of sp³-hybridized carbons (Fsp3) is 0.467. The van der Waals surface area contributed by atoms with Gasteiger partial charge in [0.25, 0.3) is 0 Å². The van der Waals surface area contributed by atoms with Gasteiger partial charge in [0, 0.05) is 12.1 Å². The van der Waals surface area contributed by atoms with Crippen LogP contribution in [0.4, 0.5) is 0 Å². The highest BCUT2D eigenvalue weighted by Gasteiger charge is 2.39. The van der Waals surface area contributed by atoms with E-state index in [9.17, 15) is 14.7 Å². The molecule has 1 heterocycles. The summed E-state index contributed by atoms with van der Waals surface area (Å²) in [6, 6.07) is 5.30. The molecule has 0 aromatic heterocycles. The molecule has 1 N–H and O–H groups in total. The minimum atomic E-state index is -1.26. The Hall–Kier alpha value is -1.75. The van der Waals surface area contributed by atoms with E-state index in [1.54, 1.807) is 18.2 Å². The highest BCUT2D eigenvalue weighted by atomic mass is 35.5. The van der Waals surface area contributed by atoms with Gasteiger partial charge in [-0.2, -0.15) is 0 Å². The van der Waals surface area contributed by atoms with Crippen molar-refractivity contribution >= 4 is 23.5 Å². The Morgan fingerprint density at radius 3 is 2.71 bits per heavy atom. The lowest BCUT2D eigenvalue weighted by Crippen LogP contribution is -2.53. The Balaban J connectivity index is 2.17. The van der Waals surface area contributed by atoms with Crippen LogP contribution in [0.1, 0.15) is 19.4 Å². The summed E-state index contributed by atoms with van der Waals surface area (Å²) < 4.78 is 5.58. The number of carboxylic acid groups (broad SMARTS) is 1. The number of nitrogens with zero attached hydrogens (tertiary/aromatic N) is 1. The summed E-state index contributed by atoms with van der Waals surface area (Å²) in [5.74, 6) is -0.963. The van der Waals surface area contributed by atoms with E-state index in [4.69, 9.17) is 16.3 Å². The molecule has 6 heteroatoms. The number of benzene rings is 1. The quantitative estimate of drug-likeness (QED) is 0.929. The molecule has 114 valence electrons. The molecule has 21 heavy (non-hydrogen) atoms. The van der Waals surface area contributed by atoms with Crippen molar-refractivity contribution in [2.75, 3.05) is 13.7 Å². The van der Waals surface area contributed by atoms with Gasteiger partial charge < -0.3 is 14.7 Å². The van der Waals surface area contributed by atoms with Crippen LogP contribution in [0.3, 0.4) is 0 Å². The minimum Gasteiger partial charge on any atom is -0.492 e. The Labute approximate surface area is 128 Å². The standard InChI is InChI=1S/C15H18ClNO4/c1-15(2,14(19)20)17(3)13(18)10-6-9-7-11(16)4-5-12(9)21-8-10/h4-5,7,10H,6,8H2,1-3H3,(H,19,20). The van der Waals surface area contributed by atoms with Crippen LogP contribution in [0.25, 0.3) is 0 Å². The summed E-state index contributed by atoms with van der Waals surface area (Å²) in [7, 11) is 1.50. The Morgan fingerprint density at radius 2 is 2.10 bits per heavy atom. The highest BCUT2D eigenvalue weighted by Crippen LogP contribution is 2.31. The fourth-order valence-corrected chi connectivity index (χ4v) is 2.41. The first-order valence-electron chi connectivity index (χ1n) is 6.65. The number of carboxylic acids is 1. The molecular weight excluding hydrogens is 294 g/mol. The van der Waals surface area contributed by atoms with E-state index in [1.807, 2.05) is 0 Å². The summed E-state index contributed by atoms with van der Waals surface area (Å²) in [4.78, 5) is 25.0. The van der Waals surface area contributed by atoms with Crippen molar-refractivity contribution in [3.63, 3.8) is 0 Å². The van der Waals surface area contributed by atoms with E-state index in [0.29, 0.717) is 11.4 Å². The van der Waals surface area contributed by atoms with E-state index in [1.165, 1.54) is 25.8 Å². The monoisotopic (exact) mass is 311 g/mol. The number of amides is 1. The smallest absolute Gasteiger partial charge is 0.329 e. The summed E-state index contributed by atoms with van der Waals surface area (Å²) >= 11 is 5.95. The number of hydrogen-bond donors (Lipinski definition) is 1. The van der Waals surface area contributed by atoms with Crippen molar-refractivity contribution in [3.8, 4) is 5.75 Å². The van der Waals surface area contributed by atoms with E-state index < -0.39 is 17.4 Å². The van der Waals surface area contributed by atoms with Crippen molar-refractivity contribution in [1.29, 1.82) is 0 Å². The zero-order valence-corrected chi connectivity index (χ0v) is 13.0. The second-order valence-electron chi connectivity index (χ2n) is 5.73. The zero-order valence-electron chi connectivity index (χ0n) is 12.2. The van der Waals surface area contributed by atoms with Gasteiger partial charge in [-0.05, 0) is 44.0 Å². The first-order chi connectivity index (χ1) is 9.73. The topological polar surface area (TPSA) is 66.8 Å². The molecule has 0 aliphatic carbocycles. The molecule has 0 bridgehead atoms. The number of hydrogen-bond acceptors (Lipinski definition) is 3. The number of aliphatic carboxylic acids is 1. The zero-order chi connectivity index (χ0) is 15.8. The summed E-state index contributed by atoms with van der Waals surface area (Å²) in [5, 5.41) is 9.80. The molecule has 0 saturated heterocycles.